The van der Waals surface area contributed by atoms with Gasteiger partial charge in [-0.25, -0.2) is 0 Å². The predicted octanol–water partition coefficient (Wildman–Crippen LogP) is 4.30. The average Bonchev–Trinajstić information content (AvgIpc) is 2.37. The molecule has 0 aromatic heterocycles. The second-order valence-electron chi connectivity index (χ2n) is 7.40. The molecule has 114 valence electrons. The molecule has 2 nitrogen and oxygen atoms in total. The minimum Gasteiger partial charge on any atom is -0.493 e. The lowest BCUT2D eigenvalue weighted by atomic mass is 9.85. The summed E-state index contributed by atoms with van der Waals surface area (Å²) in [6.45, 7) is 14.7. The molecule has 0 aliphatic carbocycles. The van der Waals surface area contributed by atoms with Crippen LogP contribution in [0.25, 0.3) is 0 Å². The van der Waals surface area contributed by atoms with E-state index in [0.717, 1.165) is 25.2 Å². The first-order valence-corrected chi connectivity index (χ1v) is 7.66. The van der Waals surface area contributed by atoms with E-state index in [1.54, 1.807) is 0 Å². The van der Waals surface area contributed by atoms with E-state index >= 15 is 0 Å². The molecule has 2 heteroatoms. The van der Waals surface area contributed by atoms with Crippen molar-refractivity contribution in [3.8, 4) is 5.75 Å². The summed E-state index contributed by atoms with van der Waals surface area (Å²) >= 11 is 0. The summed E-state index contributed by atoms with van der Waals surface area (Å²) in [5.41, 5.74) is 8.67. The van der Waals surface area contributed by atoms with Gasteiger partial charge in [-0.05, 0) is 47.4 Å². The molecule has 1 aromatic rings. The van der Waals surface area contributed by atoms with Crippen molar-refractivity contribution >= 4 is 0 Å². The van der Waals surface area contributed by atoms with Crippen LogP contribution in [0.1, 0.15) is 59.1 Å². The molecule has 0 fully saturated rings. The third-order valence-electron chi connectivity index (χ3n) is 3.85. The normalized spacial score (nSPS) is 12.6. The maximum Gasteiger partial charge on any atom is 0.123 e. The summed E-state index contributed by atoms with van der Waals surface area (Å²) in [5, 5.41) is 0. The lowest BCUT2D eigenvalue weighted by Crippen LogP contribution is -2.26. The van der Waals surface area contributed by atoms with Gasteiger partial charge in [-0.1, -0.05) is 53.7 Å². The first-order chi connectivity index (χ1) is 9.19. The van der Waals surface area contributed by atoms with Gasteiger partial charge in [-0.3, -0.25) is 0 Å². The largest absolute Gasteiger partial charge is 0.493 e. The molecule has 0 aliphatic rings. The van der Waals surface area contributed by atoms with E-state index in [1.807, 2.05) is 0 Å². The van der Waals surface area contributed by atoms with Crippen LogP contribution in [-0.4, -0.2) is 13.2 Å². The van der Waals surface area contributed by atoms with Crippen molar-refractivity contribution in [1.29, 1.82) is 0 Å². The minimum atomic E-state index is 0.101. The second kappa shape index (κ2) is 6.62. The molecule has 20 heavy (non-hydrogen) atoms. The topological polar surface area (TPSA) is 35.2 Å². The highest BCUT2D eigenvalue weighted by atomic mass is 16.5. The van der Waals surface area contributed by atoms with E-state index in [1.165, 1.54) is 11.1 Å². The van der Waals surface area contributed by atoms with Crippen molar-refractivity contribution in [2.24, 2.45) is 11.1 Å². The molecule has 1 aromatic carbocycles. The van der Waals surface area contributed by atoms with Crippen LogP contribution in [-0.2, 0) is 11.8 Å². The molecule has 0 aliphatic heterocycles. The molecule has 0 bridgehead atoms. The quantitative estimate of drug-likeness (QED) is 0.841. The van der Waals surface area contributed by atoms with Gasteiger partial charge in [0.05, 0.1) is 6.61 Å². The van der Waals surface area contributed by atoms with Gasteiger partial charge in [0.2, 0.25) is 0 Å². The Balaban J connectivity index is 2.84. The van der Waals surface area contributed by atoms with Crippen LogP contribution in [0, 0.1) is 5.41 Å². The number of ether oxygens (including phenoxy) is 1. The Morgan fingerprint density at radius 1 is 1.10 bits per heavy atom. The van der Waals surface area contributed by atoms with E-state index in [9.17, 15) is 0 Å². The monoisotopic (exact) mass is 277 g/mol. The van der Waals surface area contributed by atoms with Crippen LogP contribution in [0.4, 0.5) is 0 Å². The van der Waals surface area contributed by atoms with Crippen molar-refractivity contribution in [3.63, 3.8) is 0 Å². The highest BCUT2D eigenvalue weighted by molar-refractivity contribution is 5.41. The zero-order valence-corrected chi connectivity index (χ0v) is 14.0. The molecule has 1 rings (SSSR count). The number of hydrogen-bond acceptors (Lipinski definition) is 2. The molecule has 0 radical (unpaired) electrons. The number of rotatable bonds is 6. The summed E-state index contributed by atoms with van der Waals surface area (Å²) < 4.78 is 6.05. The zero-order valence-electron chi connectivity index (χ0n) is 14.0. The van der Waals surface area contributed by atoms with E-state index < -0.39 is 0 Å². The van der Waals surface area contributed by atoms with Gasteiger partial charge >= 0.3 is 0 Å². The molecular formula is C18H31NO. The first-order valence-electron chi connectivity index (χ1n) is 7.66. The summed E-state index contributed by atoms with van der Waals surface area (Å²) in [6.07, 6.45) is 2.03. The number of nitrogens with two attached hydrogens (primary N) is 1. The molecule has 0 amide bonds. The fourth-order valence-corrected chi connectivity index (χ4v) is 2.05. The van der Waals surface area contributed by atoms with E-state index in [2.05, 4.69) is 59.7 Å². The van der Waals surface area contributed by atoms with Crippen LogP contribution in [0.5, 0.6) is 5.75 Å². The Morgan fingerprint density at radius 2 is 1.75 bits per heavy atom. The Hall–Kier alpha value is -1.02. The third kappa shape index (κ3) is 4.82. The Labute approximate surface area is 124 Å². The van der Waals surface area contributed by atoms with Crippen LogP contribution < -0.4 is 10.5 Å². The smallest absolute Gasteiger partial charge is 0.123 e. The number of aryl methyl sites for hydroxylation is 1. The molecule has 0 saturated carbocycles. The predicted molar refractivity (Wildman–Crippen MR) is 87.5 cm³/mol. The van der Waals surface area contributed by atoms with E-state index in [-0.39, 0.29) is 10.8 Å². The third-order valence-corrected chi connectivity index (χ3v) is 3.85. The van der Waals surface area contributed by atoms with Crippen molar-refractivity contribution in [1.82, 2.24) is 0 Å². The molecule has 2 N–H and O–H groups in total. The maximum atomic E-state index is 6.05. The minimum absolute atomic E-state index is 0.101. The zero-order chi connectivity index (χ0) is 15.4. The Kier molecular flexibility index (Phi) is 5.64. The van der Waals surface area contributed by atoms with Gasteiger partial charge in [0, 0.05) is 0 Å². The van der Waals surface area contributed by atoms with Crippen LogP contribution >= 0.6 is 0 Å². The van der Waals surface area contributed by atoms with Gasteiger partial charge in [0.1, 0.15) is 5.75 Å². The highest BCUT2D eigenvalue weighted by Crippen LogP contribution is 2.33. The van der Waals surface area contributed by atoms with Crippen LogP contribution in [0.15, 0.2) is 18.2 Å². The molecule has 0 heterocycles. The highest BCUT2D eigenvalue weighted by Gasteiger charge is 2.20. The lowest BCUT2D eigenvalue weighted by molar-refractivity contribution is 0.230. The maximum absolute atomic E-state index is 6.05. The van der Waals surface area contributed by atoms with E-state index in [4.69, 9.17) is 10.5 Å². The number of hydrogen-bond donors (Lipinski definition) is 1. The van der Waals surface area contributed by atoms with Gasteiger partial charge in [0.25, 0.3) is 0 Å². The molecular weight excluding hydrogens is 246 g/mol. The summed E-state index contributed by atoms with van der Waals surface area (Å²) in [5.74, 6) is 1.02. The average molecular weight is 277 g/mol. The molecule has 0 unspecified atom stereocenters. The summed E-state index contributed by atoms with van der Waals surface area (Å²) in [6, 6.07) is 6.57. The van der Waals surface area contributed by atoms with Crippen molar-refractivity contribution in [2.45, 2.75) is 59.8 Å². The SMILES string of the molecule is CCc1ccc(OCCC(C)(C)CN)c(C(C)(C)C)c1. The van der Waals surface area contributed by atoms with Crippen molar-refractivity contribution < 1.29 is 4.74 Å². The summed E-state index contributed by atoms with van der Waals surface area (Å²) in [4.78, 5) is 0. The standard InChI is InChI=1S/C18H31NO/c1-7-14-8-9-16(15(12-14)17(2,3)4)20-11-10-18(5,6)13-19/h8-9,12H,7,10-11,13,19H2,1-6H3. The van der Waals surface area contributed by atoms with Gasteiger partial charge in [-0.2, -0.15) is 0 Å². The van der Waals surface area contributed by atoms with Gasteiger partial charge < -0.3 is 10.5 Å². The fraction of sp³-hybridized carbons (Fsp3) is 0.667. The van der Waals surface area contributed by atoms with Gasteiger partial charge in [-0.15, -0.1) is 0 Å². The lowest BCUT2D eigenvalue weighted by Gasteiger charge is -2.26. The molecule has 0 spiro atoms. The van der Waals surface area contributed by atoms with Crippen LogP contribution in [0.3, 0.4) is 0 Å². The Bertz CT molecular complexity index is 430. The van der Waals surface area contributed by atoms with Crippen molar-refractivity contribution in [3.05, 3.63) is 29.3 Å². The molecule has 0 atom stereocenters. The second-order valence-corrected chi connectivity index (χ2v) is 7.40. The number of benzene rings is 1. The van der Waals surface area contributed by atoms with Crippen molar-refractivity contribution in [2.75, 3.05) is 13.2 Å². The molecule has 0 saturated heterocycles. The van der Waals surface area contributed by atoms with Crippen LogP contribution in [0.2, 0.25) is 0 Å². The van der Waals surface area contributed by atoms with E-state index in [0.29, 0.717) is 6.54 Å². The van der Waals surface area contributed by atoms with Gasteiger partial charge in [0.15, 0.2) is 0 Å². The Morgan fingerprint density at radius 3 is 2.25 bits per heavy atom. The summed E-state index contributed by atoms with van der Waals surface area (Å²) in [7, 11) is 0. The fourth-order valence-electron chi connectivity index (χ4n) is 2.05. The first kappa shape index (κ1) is 17.0.